The molecule has 1 atom stereocenters. The van der Waals surface area contributed by atoms with E-state index in [1.54, 1.807) is 0 Å². The Morgan fingerprint density at radius 2 is 2.30 bits per heavy atom. The van der Waals surface area contributed by atoms with Crippen LogP contribution in [-0.4, -0.2) is 54.4 Å². The third kappa shape index (κ3) is 4.60. The van der Waals surface area contributed by atoms with E-state index in [0.717, 1.165) is 16.0 Å². The number of sulfone groups is 1. The summed E-state index contributed by atoms with van der Waals surface area (Å²) in [6.07, 6.45) is 0.502. The van der Waals surface area contributed by atoms with Crippen LogP contribution in [0.2, 0.25) is 0 Å². The van der Waals surface area contributed by atoms with Crippen LogP contribution in [0.5, 0.6) is 0 Å². The number of aromatic nitrogens is 2. The van der Waals surface area contributed by atoms with Crippen molar-refractivity contribution in [3.63, 3.8) is 0 Å². The van der Waals surface area contributed by atoms with Gasteiger partial charge in [0.1, 0.15) is 0 Å². The van der Waals surface area contributed by atoms with Crippen molar-refractivity contribution in [2.75, 3.05) is 29.1 Å². The van der Waals surface area contributed by atoms with Crippen LogP contribution >= 0.6 is 23.1 Å². The van der Waals surface area contributed by atoms with Gasteiger partial charge in [0, 0.05) is 12.6 Å². The van der Waals surface area contributed by atoms with E-state index in [9.17, 15) is 13.2 Å². The highest BCUT2D eigenvalue weighted by Gasteiger charge is 2.28. The summed E-state index contributed by atoms with van der Waals surface area (Å²) in [6, 6.07) is -0.250. The monoisotopic (exact) mass is 336 g/mol. The number of nitrogens with zero attached hydrogens (tertiary/aromatic N) is 2. The molecule has 1 aromatic rings. The van der Waals surface area contributed by atoms with Crippen LogP contribution in [0.1, 0.15) is 13.3 Å². The van der Waals surface area contributed by atoms with Crippen molar-refractivity contribution in [3.8, 4) is 0 Å². The number of anilines is 1. The van der Waals surface area contributed by atoms with E-state index in [1.807, 2.05) is 6.92 Å². The van der Waals surface area contributed by atoms with E-state index >= 15 is 0 Å². The summed E-state index contributed by atoms with van der Waals surface area (Å²) in [5.41, 5.74) is 0. The van der Waals surface area contributed by atoms with Gasteiger partial charge < -0.3 is 10.6 Å². The molecule has 0 saturated carbocycles. The van der Waals surface area contributed by atoms with Crippen molar-refractivity contribution in [2.24, 2.45) is 0 Å². The zero-order valence-corrected chi connectivity index (χ0v) is 13.4. The van der Waals surface area contributed by atoms with Crippen LogP contribution in [0, 0.1) is 0 Å². The van der Waals surface area contributed by atoms with Crippen LogP contribution in [0.25, 0.3) is 0 Å². The van der Waals surface area contributed by atoms with Crippen molar-refractivity contribution >= 4 is 44.0 Å². The molecule has 0 bridgehead atoms. The van der Waals surface area contributed by atoms with Gasteiger partial charge in [-0.2, -0.15) is 0 Å². The molecule has 1 aliphatic heterocycles. The highest BCUT2D eigenvalue weighted by molar-refractivity contribution is 8.01. The Kier molecular flexibility index (Phi) is 5.22. The Morgan fingerprint density at radius 1 is 1.50 bits per heavy atom. The first-order valence-electron chi connectivity index (χ1n) is 6.18. The molecule has 1 saturated heterocycles. The molecule has 2 rings (SSSR count). The summed E-state index contributed by atoms with van der Waals surface area (Å²) in [4.78, 5) is 11.7. The lowest BCUT2D eigenvalue weighted by molar-refractivity contribution is -0.119. The standard InChI is InChI=1S/C10H16N4O3S3/c1-2-11-9-13-14-10(19-9)18-5-8(15)12-7-3-4-20(16,17)6-7/h7H,2-6H2,1H3,(H,11,13)(H,12,15)/t7-/m1/s1. The van der Waals surface area contributed by atoms with Gasteiger partial charge in [0.25, 0.3) is 0 Å². The van der Waals surface area contributed by atoms with E-state index in [4.69, 9.17) is 0 Å². The Labute approximate surface area is 125 Å². The number of rotatable bonds is 6. The van der Waals surface area contributed by atoms with Crippen molar-refractivity contribution in [3.05, 3.63) is 0 Å². The minimum Gasteiger partial charge on any atom is -0.360 e. The molecule has 1 fully saturated rings. The first-order valence-corrected chi connectivity index (χ1v) is 9.81. The Balaban J connectivity index is 1.74. The van der Waals surface area contributed by atoms with Gasteiger partial charge in [-0.05, 0) is 13.3 Å². The fourth-order valence-electron chi connectivity index (χ4n) is 1.80. The maximum Gasteiger partial charge on any atom is 0.230 e. The molecule has 2 heterocycles. The van der Waals surface area contributed by atoms with Crippen molar-refractivity contribution < 1.29 is 13.2 Å². The summed E-state index contributed by atoms with van der Waals surface area (Å²) < 4.78 is 23.3. The lowest BCUT2D eigenvalue weighted by atomic mass is 10.3. The highest BCUT2D eigenvalue weighted by Crippen LogP contribution is 2.25. The minimum atomic E-state index is -2.96. The van der Waals surface area contributed by atoms with Gasteiger partial charge in [-0.15, -0.1) is 10.2 Å². The number of carbonyl (C=O) groups is 1. The van der Waals surface area contributed by atoms with Gasteiger partial charge in [-0.3, -0.25) is 4.79 Å². The number of hydrogen-bond donors (Lipinski definition) is 2. The fourth-order valence-corrected chi connectivity index (χ4v) is 5.10. The molecule has 0 aliphatic carbocycles. The number of thioether (sulfide) groups is 1. The third-order valence-corrected chi connectivity index (χ3v) is 6.44. The third-order valence-electron chi connectivity index (χ3n) is 2.66. The predicted octanol–water partition coefficient (Wildman–Crippen LogP) is 0.365. The summed E-state index contributed by atoms with van der Waals surface area (Å²) >= 11 is 2.70. The molecular formula is C10H16N4O3S3. The number of amides is 1. The minimum absolute atomic E-state index is 0.0484. The molecule has 10 heteroatoms. The lowest BCUT2D eigenvalue weighted by Crippen LogP contribution is -2.36. The van der Waals surface area contributed by atoms with Gasteiger partial charge in [-0.25, -0.2) is 8.42 Å². The molecule has 20 heavy (non-hydrogen) atoms. The first kappa shape index (κ1) is 15.5. The number of hydrogen-bond acceptors (Lipinski definition) is 8. The predicted molar refractivity (Wildman–Crippen MR) is 80.0 cm³/mol. The van der Waals surface area contributed by atoms with Crippen LogP contribution in [0.15, 0.2) is 4.34 Å². The zero-order valence-electron chi connectivity index (χ0n) is 11.0. The topological polar surface area (TPSA) is 101 Å². The molecular weight excluding hydrogens is 320 g/mol. The molecule has 2 N–H and O–H groups in total. The molecule has 7 nitrogen and oxygen atoms in total. The molecule has 1 aliphatic rings. The van der Waals surface area contributed by atoms with E-state index in [0.29, 0.717) is 6.42 Å². The van der Waals surface area contributed by atoms with E-state index in [2.05, 4.69) is 20.8 Å². The summed E-state index contributed by atoms with van der Waals surface area (Å²) in [5, 5.41) is 14.4. The molecule has 0 aromatic carbocycles. The van der Waals surface area contributed by atoms with Crippen LogP contribution in [0.4, 0.5) is 5.13 Å². The SMILES string of the molecule is CCNc1nnc(SCC(=O)N[C@@H]2CCS(=O)(=O)C2)s1. The highest BCUT2D eigenvalue weighted by atomic mass is 32.2. The van der Waals surface area contributed by atoms with Crippen molar-refractivity contribution in [2.45, 2.75) is 23.7 Å². The first-order chi connectivity index (χ1) is 9.48. The smallest absolute Gasteiger partial charge is 0.230 e. The summed E-state index contributed by atoms with van der Waals surface area (Å²) in [7, 11) is -2.96. The molecule has 0 radical (unpaired) electrons. The van der Waals surface area contributed by atoms with Gasteiger partial charge in [0.05, 0.1) is 17.3 Å². The molecule has 112 valence electrons. The average molecular weight is 336 g/mol. The Bertz CT molecular complexity index is 572. The Hall–Kier alpha value is -0.870. The van der Waals surface area contributed by atoms with Crippen LogP contribution in [-0.2, 0) is 14.6 Å². The maximum absolute atomic E-state index is 11.7. The molecule has 1 amide bonds. The number of nitrogens with one attached hydrogen (secondary N) is 2. The number of carbonyl (C=O) groups excluding carboxylic acids is 1. The largest absolute Gasteiger partial charge is 0.360 e. The van der Waals surface area contributed by atoms with E-state index in [-0.39, 0.29) is 29.2 Å². The van der Waals surface area contributed by atoms with Crippen LogP contribution < -0.4 is 10.6 Å². The van der Waals surface area contributed by atoms with Crippen LogP contribution in [0.3, 0.4) is 0 Å². The summed E-state index contributed by atoms with van der Waals surface area (Å²) in [6.45, 7) is 2.74. The van der Waals surface area contributed by atoms with Crippen molar-refractivity contribution in [1.82, 2.24) is 15.5 Å². The normalized spacial score (nSPS) is 20.8. The quantitative estimate of drug-likeness (QED) is 0.724. The van der Waals surface area contributed by atoms with Gasteiger partial charge in [0.15, 0.2) is 14.2 Å². The lowest BCUT2D eigenvalue weighted by Gasteiger charge is -2.09. The zero-order chi connectivity index (χ0) is 14.6. The van der Waals surface area contributed by atoms with E-state index in [1.165, 1.54) is 23.1 Å². The van der Waals surface area contributed by atoms with Gasteiger partial charge in [0.2, 0.25) is 11.0 Å². The second-order valence-corrected chi connectivity index (χ2v) is 8.79. The van der Waals surface area contributed by atoms with Crippen molar-refractivity contribution in [1.29, 1.82) is 0 Å². The average Bonchev–Trinajstić information content (AvgIpc) is 2.94. The van der Waals surface area contributed by atoms with Gasteiger partial charge >= 0.3 is 0 Å². The summed E-state index contributed by atoms with van der Waals surface area (Å²) in [5.74, 6) is 0.259. The molecule has 0 spiro atoms. The Morgan fingerprint density at radius 3 is 2.95 bits per heavy atom. The second-order valence-electron chi connectivity index (χ2n) is 4.36. The second kappa shape index (κ2) is 6.72. The molecule has 0 unspecified atom stereocenters. The maximum atomic E-state index is 11.7. The van der Waals surface area contributed by atoms with E-state index < -0.39 is 9.84 Å². The fraction of sp³-hybridized carbons (Fsp3) is 0.700. The molecule has 1 aromatic heterocycles. The van der Waals surface area contributed by atoms with Gasteiger partial charge in [-0.1, -0.05) is 23.1 Å².